The van der Waals surface area contributed by atoms with Crippen LogP contribution in [-0.2, 0) is 4.79 Å². The Morgan fingerprint density at radius 2 is 1.88 bits per heavy atom. The van der Waals surface area contributed by atoms with Gasteiger partial charge in [0.15, 0.2) is 6.61 Å². The van der Waals surface area contributed by atoms with Crippen LogP contribution < -0.4 is 14.4 Å². The van der Waals surface area contributed by atoms with Gasteiger partial charge in [0.1, 0.15) is 25.0 Å². The Labute approximate surface area is 147 Å². The van der Waals surface area contributed by atoms with Gasteiger partial charge in [0.05, 0.1) is 13.1 Å². The van der Waals surface area contributed by atoms with Gasteiger partial charge in [0.25, 0.3) is 5.91 Å². The largest absolute Gasteiger partial charge is 0.483 e. The zero-order valence-corrected chi connectivity index (χ0v) is 14.7. The van der Waals surface area contributed by atoms with E-state index in [1.165, 1.54) is 0 Å². The molecule has 0 atom stereocenters. The van der Waals surface area contributed by atoms with Gasteiger partial charge in [-0.3, -0.25) is 9.69 Å². The zero-order valence-electron chi connectivity index (χ0n) is 14.7. The van der Waals surface area contributed by atoms with E-state index in [0.29, 0.717) is 26.2 Å². The van der Waals surface area contributed by atoms with Crippen molar-refractivity contribution < 1.29 is 19.5 Å². The van der Waals surface area contributed by atoms with Crippen LogP contribution in [0.5, 0.6) is 5.75 Å². The van der Waals surface area contributed by atoms with Crippen LogP contribution in [0.1, 0.15) is 11.1 Å². The maximum atomic E-state index is 12.4. The summed E-state index contributed by atoms with van der Waals surface area (Å²) in [5, 5.41) is 9.87. The average molecular weight is 342 g/mol. The van der Waals surface area contributed by atoms with Crippen molar-refractivity contribution in [3.05, 3.63) is 53.7 Å². The number of piperazine rings is 1. The number of rotatable bonds is 4. The molecular weight excluding hydrogens is 318 g/mol. The van der Waals surface area contributed by atoms with Crippen LogP contribution in [0.3, 0.4) is 0 Å². The van der Waals surface area contributed by atoms with Gasteiger partial charge in [-0.25, -0.2) is 0 Å². The van der Waals surface area contributed by atoms with Crippen molar-refractivity contribution in [1.29, 1.82) is 0 Å². The van der Waals surface area contributed by atoms with E-state index in [2.05, 4.69) is 4.90 Å². The fraction of sp³-hybridized carbons (Fsp3) is 0.368. The molecule has 2 heterocycles. The summed E-state index contributed by atoms with van der Waals surface area (Å²) in [6.07, 6.45) is 1.60. The van der Waals surface area contributed by atoms with Crippen LogP contribution in [0.25, 0.3) is 0 Å². The number of carbonyl (C=O) groups is 1. The van der Waals surface area contributed by atoms with E-state index < -0.39 is 0 Å². The van der Waals surface area contributed by atoms with Crippen LogP contribution in [0, 0.1) is 13.8 Å². The second-order valence-corrected chi connectivity index (χ2v) is 6.26. The third-order valence-electron chi connectivity index (χ3n) is 4.68. The molecule has 6 heteroatoms. The first-order chi connectivity index (χ1) is 12.1. The second kappa shape index (κ2) is 7.42. The van der Waals surface area contributed by atoms with E-state index in [4.69, 9.17) is 4.74 Å². The van der Waals surface area contributed by atoms with Gasteiger partial charge in [-0.15, -0.1) is 0 Å². The number of ether oxygens (including phenoxy) is 1. The molecule has 1 fully saturated rings. The van der Waals surface area contributed by atoms with Crippen molar-refractivity contribution in [2.45, 2.75) is 13.8 Å². The minimum Gasteiger partial charge on any atom is -0.483 e. The monoisotopic (exact) mass is 342 g/mol. The standard InChI is InChI=1S/C19H24N3O3/c1-15-6-5-7-17(16(15)2)25-14-19(23)21-12-10-20(11-13-21)18-8-3-4-9-22(18)24/h3-9,24H,10-14H2,1-2H3/q+1. The summed E-state index contributed by atoms with van der Waals surface area (Å²) in [5.74, 6) is 1.49. The van der Waals surface area contributed by atoms with Crippen LogP contribution in [-0.4, -0.2) is 48.8 Å². The van der Waals surface area contributed by atoms with E-state index in [9.17, 15) is 10.0 Å². The number of carbonyl (C=O) groups excluding carboxylic acids is 1. The summed E-state index contributed by atoms with van der Waals surface area (Å²) >= 11 is 0. The number of pyridine rings is 1. The summed E-state index contributed by atoms with van der Waals surface area (Å²) in [4.78, 5) is 16.3. The molecule has 6 nitrogen and oxygen atoms in total. The number of benzene rings is 1. The van der Waals surface area contributed by atoms with E-state index in [1.54, 1.807) is 12.3 Å². The van der Waals surface area contributed by atoms with E-state index >= 15 is 0 Å². The lowest BCUT2D eigenvalue weighted by molar-refractivity contribution is -0.894. The number of anilines is 1. The molecule has 0 unspecified atom stereocenters. The van der Waals surface area contributed by atoms with Gasteiger partial charge in [0, 0.05) is 6.07 Å². The zero-order chi connectivity index (χ0) is 17.8. The molecule has 0 radical (unpaired) electrons. The molecule has 0 spiro atoms. The predicted octanol–water partition coefficient (Wildman–Crippen LogP) is 1.56. The number of aromatic nitrogens is 1. The molecule has 2 aromatic rings. The molecule has 0 aliphatic carbocycles. The third-order valence-corrected chi connectivity index (χ3v) is 4.68. The van der Waals surface area contributed by atoms with Gasteiger partial charge in [-0.2, -0.15) is 0 Å². The molecule has 0 saturated carbocycles. The summed E-state index contributed by atoms with van der Waals surface area (Å²) in [6.45, 7) is 6.67. The third kappa shape index (κ3) is 3.84. The SMILES string of the molecule is Cc1cccc(OCC(=O)N2CCN(c3cccc[n+]3O)CC2)c1C. The number of amides is 1. The summed E-state index contributed by atoms with van der Waals surface area (Å²) in [5.41, 5.74) is 2.22. The topological polar surface area (TPSA) is 56.9 Å². The van der Waals surface area contributed by atoms with Crippen molar-refractivity contribution >= 4 is 11.7 Å². The highest BCUT2D eigenvalue weighted by molar-refractivity contribution is 5.78. The summed E-state index contributed by atoms with van der Waals surface area (Å²) < 4.78 is 6.83. The Balaban J connectivity index is 1.53. The Morgan fingerprint density at radius 1 is 1.12 bits per heavy atom. The molecule has 1 aliphatic heterocycles. The molecular formula is C19H24N3O3+. The molecule has 1 aromatic carbocycles. The Bertz CT molecular complexity index is 755. The maximum absolute atomic E-state index is 12.4. The Hall–Kier alpha value is -2.76. The van der Waals surface area contributed by atoms with E-state index in [-0.39, 0.29) is 12.5 Å². The first-order valence-electron chi connectivity index (χ1n) is 8.48. The summed E-state index contributed by atoms with van der Waals surface area (Å²) in [7, 11) is 0. The lowest BCUT2D eigenvalue weighted by Gasteiger charge is -2.31. The smallest absolute Gasteiger partial charge is 0.316 e. The van der Waals surface area contributed by atoms with Crippen molar-refractivity contribution in [2.75, 3.05) is 37.7 Å². The average Bonchev–Trinajstić information content (AvgIpc) is 2.63. The van der Waals surface area contributed by atoms with Crippen LogP contribution >= 0.6 is 0 Å². The Kier molecular flexibility index (Phi) is 5.07. The molecule has 1 N–H and O–H groups in total. The minimum absolute atomic E-state index is 0.00880. The van der Waals surface area contributed by atoms with Gasteiger partial charge < -0.3 is 14.8 Å². The van der Waals surface area contributed by atoms with Crippen molar-refractivity contribution in [3.8, 4) is 5.75 Å². The van der Waals surface area contributed by atoms with E-state index in [1.807, 2.05) is 49.1 Å². The van der Waals surface area contributed by atoms with E-state index in [0.717, 1.165) is 27.4 Å². The van der Waals surface area contributed by atoms with Gasteiger partial charge >= 0.3 is 5.82 Å². The molecule has 3 rings (SSSR count). The normalized spacial score (nSPS) is 14.5. The highest BCUT2D eigenvalue weighted by Gasteiger charge is 2.28. The number of hydrogen-bond donors (Lipinski definition) is 1. The highest BCUT2D eigenvalue weighted by atomic mass is 16.5. The lowest BCUT2D eigenvalue weighted by atomic mass is 10.1. The number of hydrogen-bond acceptors (Lipinski definition) is 4. The molecule has 1 amide bonds. The van der Waals surface area contributed by atoms with Crippen molar-refractivity contribution in [3.63, 3.8) is 0 Å². The van der Waals surface area contributed by atoms with Gasteiger partial charge in [-0.1, -0.05) is 22.9 Å². The van der Waals surface area contributed by atoms with Crippen LogP contribution in [0.2, 0.25) is 0 Å². The first-order valence-corrected chi connectivity index (χ1v) is 8.48. The van der Waals surface area contributed by atoms with Gasteiger partial charge in [0.2, 0.25) is 0 Å². The molecule has 1 aromatic heterocycles. The van der Waals surface area contributed by atoms with Crippen LogP contribution in [0.15, 0.2) is 42.6 Å². The maximum Gasteiger partial charge on any atom is 0.316 e. The summed E-state index contributed by atoms with van der Waals surface area (Å²) in [6, 6.07) is 11.4. The molecule has 25 heavy (non-hydrogen) atoms. The van der Waals surface area contributed by atoms with Crippen LogP contribution in [0.4, 0.5) is 5.82 Å². The number of aryl methyl sites for hydroxylation is 1. The fourth-order valence-electron chi connectivity index (χ4n) is 2.97. The lowest BCUT2D eigenvalue weighted by Crippen LogP contribution is -2.53. The fourth-order valence-corrected chi connectivity index (χ4v) is 2.97. The first kappa shape index (κ1) is 17.1. The molecule has 1 aliphatic rings. The highest BCUT2D eigenvalue weighted by Crippen LogP contribution is 2.20. The van der Waals surface area contributed by atoms with Crippen molar-refractivity contribution in [2.24, 2.45) is 0 Å². The van der Waals surface area contributed by atoms with Gasteiger partial charge in [-0.05, 0) is 37.1 Å². The predicted molar refractivity (Wildman–Crippen MR) is 94.0 cm³/mol. The van der Waals surface area contributed by atoms with Crippen molar-refractivity contribution in [1.82, 2.24) is 4.90 Å². The molecule has 0 bridgehead atoms. The molecule has 1 saturated heterocycles. The minimum atomic E-state index is -0.00880. The Morgan fingerprint density at radius 3 is 2.60 bits per heavy atom. The quantitative estimate of drug-likeness (QED) is 0.677. The second-order valence-electron chi connectivity index (χ2n) is 6.26. The molecule has 132 valence electrons. The number of nitrogens with zero attached hydrogens (tertiary/aromatic N) is 3.